The van der Waals surface area contributed by atoms with Gasteiger partial charge in [-0.25, -0.2) is 4.79 Å². The van der Waals surface area contributed by atoms with Crippen molar-refractivity contribution in [2.24, 2.45) is 5.41 Å². The maximum Gasteiger partial charge on any atom is 0.377 e. The molecule has 0 aliphatic rings. The molecule has 3 nitrogen and oxygen atoms in total. The largest absolute Gasteiger partial charge is 0.477 e. The van der Waals surface area contributed by atoms with E-state index < -0.39 is 23.9 Å². The Labute approximate surface area is 81.4 Å². The van der Waals surface area contributed by atoms with E-state index in [1.807, 2.05) is 0 Å². The lowest BCUT2D eigenvalue weighted by atomic mass is 9.95. The minimum Gasteiger partial charge on any atom is -0.477 e. The standard InChI is InChI=1S/C9H14F2O3/c1-4-8(2,3)5-14-6-9(10,11)7(12)13/h4H,1,5-6H2,2-3H3,(H,12,13). The van der Waals surface area contributed by atoms with Crippen molar-refractivity contribution in [1.82, 2.24) is 0 Å². The summed E-state index contributed by atoms with van der Waals surface area (Å²) in [5.74, 6) is -5.99. The zero-order valence-electron chi connectivity index (χ0n) is 8.22. The normalized spacial score (nSPS) is 12.6. The van der Waals surface area contributed by atoms with E-state index in [1.54, 1.807) is 19.9 Å². The van der Waals surface area contributed by atoms with Gasteiger partial charge in [0.15, 0.2) is 0 Å². The first kappa shape index (κ1) is 13.0. The number of ether oxygens (including phenoxy) is 1. The van der Waals surface area contributed by atoms with Gasteiger partial charge in [-0.05, 0) is 0 Å². The third-order valence-electron chi connectivity index (χ3n) is 1.62. The molecule has 0 saturated carbocycles. The van der Waals surface area contributed by atoms with Gasteiger partial charge >= 0.3 is 11.9 Å². The summed E-state index contributed by atoms with van der Waals surface area (Å²) in [4.78, 5) is 10.00. The molecule has 82 valence electrons. The molecule has 0 bridgehead atoms. The average molecular weight is 208 g/mol. The first-order chi connectivity index (χ1) is 6.21. The molecule has 5 heteroatoms. The summed E-state index contributed by atoms with van der Waals surface area (Å²) in [6.45, 7) is 5.90. The molecule has 0 unspecified atom stereocenters. The summed E-state index contributed by atoms with van der Waals surface area (Å²) in [5, 5.41) is 8.08. The van der Waals surface area contributed by atoms with E-state index in [1.165, 1.54) is 0 Å². The lowest BCUT2D eigenvalue weighted by molar-refractivity contribution is -0.174. The number of hydrogen-bond acceptors (Lipinski definition) is 2. The summed E-state index contributed by atoms with van der Waals surface area (Å²) in [6, 6.07) is 0. The van der Waals surface area contributed by atoms with Crippen LogP contribution in [0.3, 0.4) is 0 Å². The first-order valence-corrected chi connectivity index (χ1v) is 4.04. The van der Waals surface area contributed by atoms with Crippen LogP contribution in [0.25, 0.3) is 0 Å². The predicted molar refractivity (Wildman–Crippen MR) is 47.4 cm³/mol. The topological polar surface area (TPSA) is 46.5 Å². The smallest absolute Gasteiger partial charge is 0.377 e. The molecule has 0 aliphatic carbocycles. The van der Waals surface area contributed by atoms with Crippen LogP contribution in [0, 0.1) is 5.41 Å². The van der Waals surface area contributed by atoms with Gasteiger partial charge in [0.05, 0.1) is 6.61 Å². The molecule has 0 fully saturated rings. The van der Waals surface area contributed by atoms with E-state index in [9.17, 15) is 13.6 Å². The number of carboxylic acids is 1. The Balaban J connectivity index is 3.97. The third-order valence-corrected chi connectivity index (χ3v) is 1.62. The van der Waals surface area contributed by atoms with Crippen LogP contribution >= 0.6 is 0 Å². The fraction of sp³-hybridized carbons (Fsp3) is 0.667. The first-order valence-electron chi connectivity index (χ1n) is 4.04. The molecule has 14 heavy (non-hydrogen) atoms. The number of aliphatic carboxylic acids is 1. The third kappa shape index (κ3) is 4.32. The Morgan fingerprint density at radius 3 is 2.36 bits per heavy atom. The summed E-state index contributed by atoms with van der Waals surface area (Å²) in [6.07, 6.45) is 1.56. The molecule has 0 atom stereocenters. The van der Waals surface area contributed by atoms with Crippen molar-refractivity contribution in [3.05, 3.63) is 12.7 Å². The van der Waals surface area contributed by atoms with E-state index in [0.29, 0.717) is 0 Å². The van der Waals surface area contributed by atoms with Gasteiger partial charge in [-0.1, -0.05) is 19.9 Å². The van der Waals surface area contributed by atoms with Crippen LogP contribution in [-0.4, -0.2) is 30.2 Å². The van der Waals surface area contributed by atoms with Gasteiger partial charge in [-0.2, -0.15) is 8.78 Å². The van der Waals surface area contributed by atoms with Crippen molar-refractivity contribution in [3.63, 3.8) is 0 Å². The highest BCUT2D eigenvalue weighted by Crippen LogP contribution is 2.19. The Morgan fingerprint density at radius 2 is 2.00 bits per heavy atom. The minimum absolute atomic E-state index is 0.0133. The SMILES string of the molecule is C=CC(C)(C)COCC(F)(F)C(=O)O. The van der Waals surface area contributed by atoms with E-state index >= 15 is 0 Å². The van der Waals surface area contributed by atoms with Crippen molar-refractivity contribution in [3.8, 4) is 0 Å². The van der Waals surface area contributed by atoms with Crippen LogP contribution in [0.5, 0.6) is 0 Å². The fourth-order valence-corrected chi connectivity index (χ4v) is 0.563. The van der Waals surface area contributed by atoms with Crippen LogP contribution in [0.1, 0.15) is 13.8 Å². The molecule has 1 N–H and O–H groups in total. The summed E-state index contributed by atoms with van der Waals surface area (Å²) >= 11 is 0. The maximum absolute atomic E-state index is 12.5. The molecule has 0 heterocycles. The van der Waals surface area contributed by atoms with Gasteiger partial charge < -0.3 is 9.84 Å². The molecule has 0 aliphatic heterocycles. The van der Waals surface area contributed by atoms with Crippen molar-refractivity contribution in [2.75, 3.05) is 13.2 Å². The van der Waals surface area contributed by atoms with Crippen molar-refractivity contribution < 1.29 is 23.4 Å². The summed E-state index contributed by atoms with van der Waals surface area (Å²) < 4.78 is 29.6. The van der Waals surface area contributed by atoms with E-state index in [-0.39, 0.29) is 6.61 Å². The van der Waals surface area contributed by atoms with Gasteiger partial charge in [-0.3, -0.25) is 0 Å². The molecule has 0 radical (unpaired) electrons. The van der Waals surface area contributed by atoms with Crippen molar-refractivity contribution in [1.29, 1.82) is 0 Å². The Bertz CT molecular complexity index is 224. The Morgan fingerprint density at radius 1 is 1.50 bits per heavy atom. The Hall–Kier alpha value is -0.970. The predicted octanol–water partition coefficient (Wildman–Crippen LogP) is 1.94. The number of alkyl halides is 2. The highest BCUT2D eigenvalue weighted by molar-refractivity contribution is 5.75. The molecular formula is C9H14F2O3. The molecule has 0 rings (SSSR count). The van der Waals surface area contributed by atoms with E-state index in [2.05, 4.69) is 11.3 Å². The average Bonchev–Trinajstić information content (AvgIpc) is 2.03. The van der Waals surface area contributed by atoms with Gasteiger partial charge in [0, 0.05) is 5.41 Å². The molecule has 0 amide bonds. The van der Waals surface area contributed by atoms with Gasteiger partial charge in [0.25, 0.3) is 0 Å². The molecule has 0 spiro atoms. The van der Waals surface area contributed by atoms with Crippen LogP contribution < -0.4 is 0 Å². The zero-order chi connectivity index (χ0) is 11.4. The van der Waals surface area contributed by atoms with Crippen LogP contribution in [0.4, 0.5) is 8.78 Å². The fourth-order valence-electron chi connectivity index (χ4n) is 0.563. The van der Waals surface area contributed by atoms with Gasteiger partial charge in [0.2, 0.25) is 0 Å². The quantitative estimate of drug-likeness (QED) is 0.678. The van der Waals surface area contributed by atoms with E-state index in [4.69, 9.17) is 5.11 Å². The van der Waals surface area contributed by atoms with Crippen LogP contribution in [-0.2, 0) is 9.53 Å². The Kier molecular flexibility index (Phi) is 4.19. The number of carboxylic acid groups (broad SMARTS) is 1. The maximum atomic E-state index is 12.5. The van der Waals surface area contributed by atoms with Gasteiger partial charge in [-0.15, -0.1) is 6.58 Å². The molecule has 0 aromatic rings. The zero-order valence-corrected chi connectivity index (χ0v) is 8.22. The molecule has 0 saturated heterocycles. The van der Waals surface area contributed by atoms with Crippen molar-refractivity contribution >= 4 is 5.97 Å². The second-order valence-electron chi connectivity index (χ2n) is 3.70. The second kappa shape index (κ2) is 4.50. The monoisotopic (exact) mass is 208 g/mol. The lowest BCUT2D eigenvalue weighted by Crippen LogP contribution is -2.35. The lowest BCUT2D eigenvalue weighted by Gasteiger charge is -2.20. The minimum atomic E-state index is -3.82. The highest BCUT2D eigenvalue weighted by Gasteiger charge is 2.39. The number of carbonyl (C=O) groups is 1. The summed E-state index contributed by atoms with van der Waals surface area (Å²) in [5.41, 5.74) is -0.436. The molecular weight excluding hydrogens is 194 g/mol. The molecule has 0 aromatic heterocycles. The highest BCUT2D eigenvalue weighted by atomic mass is 19.3. The van der Waals surface area contributed by atoms with Crippen LogP contribution in [0.15, 0.2) is 12.7 Å². The van der Waals surface area contributed by atoms with E-state index in [0.717, 1.165) is 0 Å². The van der Waals surface area contributed by atoms with Crippen LogP contribution in [0.2, 0.25) is 0 Å². The summed E-state index contributed by atoms with van der Waals surface area (Å²) in [7, 11) is 0. The molecule has 0 aromatic carbocycles. The number of hydrogen-bond donors (Lipinski definition) is 1. The van der Waals surface area contributed by atoms with Gasteiger partial charge in [0.1, 0.15) is 6.61 Å². The second-order valence-corrected chi connectivity index (χ2v) is 3.70. The number of halogens is 2. The number of rotatable bonds is 6. The van der Waals surface area contributed by atoms with Crippen molar-refractivity contribution in [2.45, 2.75) is 19.8 Å².